The molecule has 0 spiro atoms. The van der Waals surface area contributed by atoms with Crippen LogP contribution < -0.4 is 10.1 Å². The highest BCUT2D eigenvalue weighted by molar-refractivity contribution is 6.30. The fourth-order valence-electron chi connectivity index (χ4n) is 1.71. The van der Waals surface area contributed by atoms with E-state index in [-0.39, 0.29) is 12.5 Å². The van der Waals surface area contributed by atoms with E-state index in [0.29, 0.717) is 22.0 Å². The van der Waals surface area contributed by atoms with Gasteiger partial charge in [-0.25, -0.2) is 0 Å². The van der Waals surface area contributed by atoms with Crippen molar-refractivity contribution < 1.29 is 14.6 Å². The molecule has 1 unspecified atom stereocenters. The average molecular weight is 307 g/mol. The van der Waals surface area contributed by atoms with Crippen LogP contribution in [0, 0.1) is 0 Å². The lowest BCUT2D eigenvalue weighted by atomic mass is 10.2. The summed E-state index contributed by atoms with van der Waals surface area (Å²) in [6.07, 6.45) is 2.32. The summed E-state index contributed by atoms with van der Waals surface area (Å²) in [7, 11) is 0. The average Bonchev–Trinajstić information content (AvgIpc) is 2.47. The van der Waals surface area contributed by atoms with Gasteiger partial charge in [-0.1, -0.05) is 17.7 Å². The zero-order valence-electron chi connectivity index (χ0n) is 11.4. The molecular weight excluding hydrogens is 292 g/mol. The van der Waals surface area contributed by atoms with E-state index in [1.165, 1.54) is 6.20 Å². The smallest absolute Gasteiger partial charge is 0.265 e. The van der Waals surface area contributed by atoms with Crippen LogP contribution in [0.15, 0.2) is 42.7 Å². The molecule has 5 nitrogen and oxygen atoms in total. The predicted octanol–water partition coefficient (Wildman–Crippen LogP) is 2.63. The maximum atomic E-state index is 12.1. The van der Waals surface area contributed by atoms with Gasteiger partial charge in [0.05, 0.1) is 18.5 Å². The van der Waals surface area contributed by atoms with Gasteiger partial charge in [0.2, 0.25) is 0 Å². The van der Waals surface area contributed by atoms with Gasteiger partial charge in [-0.05, 0) is 31.2 Å². The molecule has 1 amide bonds. The monoisotopic (exact) mass is 306 g/mol. The maximum Gasteiger partial charge on any atom is 0.265 e. The highest BCUT2D eigenvalue weighted by atomic mass is 35.5. The number of pyridine rings is 1. The number of rotatable bonds is 5. The van der Waals surface area contributed by atoms with Crippen LogP contribution in [0.1, 0.15) is 12.5 Å². The number of hydrogen-bond acceptors (Lipinski definition) is 4. The number of anilines is 1. The quantitative estimate of drug-likeness (QED) is 0.891. The Kier molecular flexibility index (Phi) is 5.14. The first-order chi connectivity index (χ1) is 10.1. The van der Waals surface area contributed by atoms with E-state index in [1.54, 1.807) is 43.5 Å². The summed E-state index contributed by atoms with van der Waals surface area (Å²) in [6, 6.07) is 8.46. The van der Waals surface area contributed by atoms with E-state index in [2.05, 4.69) is 10.3 Å². The molecule has 0 bridgehead atoms. The second-order valence-electron chi connectivity index (χ2n) is 4.40. The lowest BCUT2D eigenvalue weighted by Gasteiger charge is -2.15. The first-order valence-corrected chi connectivity index (χ1v) is 6.75. The molecule has 1 aromatic carbocycles. The summed E-state index contributed by atoms with van der Waals surface area (Å²) < 4.78 is 5.52. The Morgan fingerprint density at radius 1 is 1.48 bits per heavy atom. The van der Waals surface area contributed by atoms with Crippen molar-refractivity contribution in [1.29, 1.82) is 0 Å². The molecule has 0 aliphatic heterocycles. The summed E-state index contributed by atoms with van der Waals surface area (Å²) >= 11 is 5.86. The SMILES string of the molecule is CC(Oc1cccc(Cl)c1)C(=O)Nc1cnccc1CO. The molecule has 1 atom stereocenters. The highest BCUT2D eigenvalue weighted by Gasteiger charge is 2.16. The van der Waals surface area contributed by atoms with Gasteiger partial charge >= 0.3 is 0 Å². The zero-order chi connectivity index (χ0) is 15.2. The van der Waals surface area contributed by atoms with E-state index in [4.69, 9.17) is 16.3 Å². The van der Waals surface area contributed by atoms with Crippen LogP contribution in [-0.2, 0) is 11.4 Å². The van der Waals surface area contributed by atoms with E-state index in [1.807, 2.05) is 0 Å². The number of aromatic nitrogens is 1. The number of aliphatic hydroxyl groups is 1. The molecule has 2 rings (SSSR count). The van der Waals surface area contributed by atoms with Crippen LogP contribution in [0.3, 0.4) is 0 Å². The number of nitrogens with zero attached hydrogens (tertiary/aromatic N) is 1. The van der Waals surface area contributed by atoms with E-state index < -0.39 is 6.10 Å². The number of halogens is 1. The van der Waals surface area contributed by atoms with Crippen LogP contribution >= 0.6 is 11.6 Å². The maximum absolute atomic E-state index is 12.1. The van der Waals surface area contributed by atoms with Crippen molar-refractivity contribution in [3.05, 3.63) is 53.3 Å². The molecule has 2 aromatic rings. The molecule has 1 aromatic heterocycles. The van der Waals surface area contributed by atoms with Gasteiger partial charge in [0.25, 0.3) is 5.91 Å². The molecule has 21 heavy (non-hydrogen) atoms. The normalized spacial score (nSPS) is 11.8. The third-order valence-corrected chi connectivity index (χ3v) is 3.05. The van der Waals surface area contributed by atoms with Crippen LogP contribution in [-0.4, -0.2) is 22.1 Å². The highest BCUT2D eigenvalue weighted by Crippen LogP contribution is 2.19. The summed E-state index contributed by atoms with van der Waals surface area (Å²) in [5, 5.41) is 12.4. The Balaban J connectivity index is 2.02. The van der Waals surface area contributed by atoms with E-state index in [0.717, 1.165) is 0 Å². The molecule has 0 saturated carbocycles. The number of hydrogen-bond donors (Lipinski definition) is 2. The second kappa shape index (κ2) is 7.06. The van der Waals surface area contributed by atoms with Gasteiger partial charge in [-0.3, -0.25) is 9.78 Å². The molecule has 110 valence electrons. The van der Waals surface area contributed by atoms with Crippen LogP contribution in [0.4, 0.5) is 5.69 Å². The van der Waals surface area contributed by atoms with E-state index in [9.17, 15) is 9.90 Å². The standard InChI is InChI=1S/C15H15ClN2O3/c1-10(21-13-4-2-3-12(16)7-13)15(20)18-14-8-17-6-5-11(14)9-19/h2-8,10,19H,9H2,1H3,(H,18,20). The Hall–Kier alpha value is -2.11. The molecule has 0 saturated heterocycles. The minimum atomic E-state index is -0.713. The first-order valence-electron chi connectivity index (χ1n) is 6.37. The summed E-state index contributed by atoms with van der Waals surface area (Å²) in [4.78, 5) is 16.0. The number of benzene rings is 1. The fourth-order valence-corrected chi connectivity index (χ4v) is 1.89. The van der Waals surface area contributed by atoms with Crippen LogP contribution in [0.2, 0.25) is 5.02 Å². The molecule has 2 N–H and O–H groups in total. The van der Waals surface area contributed by atoms with Crippen molar-refractivity contribution in [1.82, 2.24) is 4.98 Å². The van der Waals surface area contributed by atoms with Crippen molar-refractivity contribution in [2.75, 3.05) is 5.32 Å². The number of amides is 1. The molecule has 1 heterocycles. The van der Waals surface area contributed by atoms with Crippen molar-refractivity contribution >= 4 is 23.2 Å². The summed E-state index contributed by atoms with van der Waals surface area (Å²) in [5.41, 5.74) is 1.06. The Morgan fingerprint density at radius 2 is 2.29 bits per heavy atom. The van der Waals surface area contributed by atoms with Crippen molar-refractivity contribution in [2.24, 2.45) is 0 Å². The van der Waals surface area contributed by atoms with Gasteiger partial charge in [-0.2, -0.15) is 0 Å². The number of carbonyl (C=O) groups is 1. The first kappa shape index (κ1) is 15.3. The molecule has 0 fully saturated rings. The fraction of sp³-hybridized carbons (Fsp3) is 0.200. The molecule has 0 aliphatic carbocycles. The Morgan fingerprint density at radius 3 is 3.00 bits per heavy atom. The van der Waals surface area contributed by atoms with Gasteiger partial charge in [-0.15, -0.1) is 0 Å². The Labute approximate surface area is 127 Å². The van der Waals surface area contributed by atoms with Crippen LogP contribution in [0.25, 0.3) is 0 Å². The third kappa shape index (κ3) is 4.18. The minimum absolute atomic E-state index is 0.179. The van der Waals surface area contributed by atoms with Gasteiger partial charge in [0, 0.05) is 16.8 Å². The predicted molar refractivity (Wildman–Crippen MR) is 80.3 cm³/mol. The van der Waals surface area contributed by atoms with E-state index >= 15 is 0 Å². The lowest BCUT2D eigenvalue weighted by Crippen LogP contribution is -2.30. The van der Waals surface area contributed by atoms with Crippen LogP contribution in [0.5, 0.6) is 5.75 Å². The van der Waals surface area contributed by atoms with Crippen molar-refractivity contribution in [3.63, 3.8) is 0 Å². The van der Waals surface area contributed by atoms with Gasteiger partial charge in [0.1, 0.15) is 5.75 Å². The number of ether oxygens (including phenoxy) is 1. The Bertz CT molecular complexity index is 634. The second-order valence-corrected chi connectivity index (χ2v) is 4.83. The molecule has 0 radical (unpaired) electrons. The lowest BCUT2D eigenvalue weighted by molar-refractivity contribution is -0.122. The third-order valence-electron chi connectivity index (χ3n) is 2.82. The van der Waals surface area contributed by atoms with Crippen molar-refractivity contribution in [2.45, 2.75) is 19.6 Å². The molecule has 6 heteroatoms. The van der Waals surface area contributed by atoms with Crippen molar-refractivity contribution in [3.8, 4) is 5.75 Å². The number of nitrogens with one attached hydrogen (secondary N) is 1. The topological polar surface area (TPSA) is 71.5 Å². The molecule has 0 aliphatic rings. The minimum Gasteiger partial charge on any atom is -0.481 e. The van der Waals surface area contributed by atoms with Gasteiger partial charge < -0.3 is 15.2 Å². The number of carbonyl (C=O) groups excluding carboxylic acids is 1. The number of aliphatic hydroxyl groups excluding tert-OH is 1. The largest absolute Gasteiger partial charge is 0.481 e. The summed E-state index contributed by atoms with van der Waals surface area (Å²) in [5.74, 6) is 0.177. The molecular formula is C15H15ClN2O3. The zero-order valence-corrected chi connectivity index (χ0v) is 12.2. The van der Waals surface area contributed by atoms with Gasteiger partial charge in [0.15, 0.2) is 6.10 Å². The summed E-state index contributed by atoms with van der Waals surface area (Å²) in [6.45, 7) is 1.45.